The molecule has 146 valence electrons. The maximum atomic E-state index is 12.8. The van der Waals surface area contributed by atoms with Crippen molar-refractivity contribution in [3.05, 3.63) is 54.9 Å². The molecule has 1 aromatic carbocycles. The Morgan fingerprint density at radius 2 is 1.79 bits per heavy atom. The molecule has 8 nitrogen and oxygen atoms in total. The van der Waals surface area contributed by atoms with Crippen molar-refractivity contribution in [2.75, 3.05) is 18.0 Å². The van der Waals surface area contributed by atoms with E-state index in [9.17, 15) is 8.42 Å². The predicted molar refractivity (Wildman–Crippen MR) is 106 cm³/mol. The zero-order chi connectivity index (χ0) is 19.6. The van der Waals surface area contributed by atoms with Gasteiger partial charge in [-0.05, 0) is 48.7 Å². The number of anilines is 1. The van der Waals surface area contributed by atoms with Crippen molar-refractivity contribution >= 4 is 15.8 Å². The molecular weight excluding hydrogens is 376 g/mol. The lowest BCUT2D eigenvalue weighted by Gasteiger charge is -2.32. The topological polar surface area (TPSA) is 93.0 Å². The van der Waals surface area contributed by atoms with Gasteiger partial charge >= 0.3 is 0 Å². The van der Waals surface area contributed by atoms with Gasteiger partial charge in [-0.3, -0.25) is 4.68 Å². The van der Waals surface area contributed by atoms with E-state index in [2.05, 4.69) is 24.9 Å². The van der Waals surface area contributed by atoms with Crippen LogP contribution in [0.4, 0.5) is 5.82 Å². The first-order chi connectivity index (χ1) is 13.5. The average Bonchev–Trinajstić information content (AvgIpc) is 3.15. The molecule has 1 aliphatic heterocycles. The van der Waals surface area contributed by atoms with E-state index < -0.39 is 10.0 Å². The van der Waals surface area contributed by atoms with E-state index in [0.717, 1.165) is 43.0 Å². The summed E-state index contributed by atoms with van der Waals surface area (Å²) in [5, 5.41) is 12.2. The van der Waals surface area contributed by atoms with Crippen LogP contribution in [-0.2, 0) is 17.1 Å². The van der Waals surface area contributed by atoms with Gasteiger partial charge in [-0.2, -0.15) is 10.2 Å². The Morgan fingerprint density at radius 1 is 1.04 bits per heavy atom. The molecule has 2 aromatic heterocycles. The van der Waals surface area contributed by atoms with Crippen LogP contribution in [0.5, 0.6) is 0 Å². The van der Waals surface area contributed by atoms with E-state index in [1.165, 1.54) is 0 Å². The highest BCUT2D eigenvalue weighted by Gasteiger charge is 2.25. The number of hydrogen-bond donors (Lipinski definition) is 1. The number of rotatable bonds is 5. The lowest BCUT2D eigenvalue weighted by Crippen LogP contribution is -2.44. The van der Waals surface area contributed by atoms with Gasteiger partial charge in [0.2, 0.25) is 10.0 Å². The fourth-order valence-electron chi connectivity index (χ4n) is 3.44. The minimum Gasteiger partial charge on any atom is -0.355 e. The highest BCUT2D eigenvalue weighted by molar-refractivity contribution is 7.89. The van der Waals surface area contributed by atoms with Crippen molar-refractivity contribution in [3.8, 4) is 11.3 Å². The van der Waals surface area contributed by atoms with Crippen molar-refractivity contribution in [2.45, 2.75) is 23.8 Å². The number of hydrogen-bond acceptors (Lipinski definition) is 6. The summed E-state index contributed by atoms with van der Waals surface area (Å²) in [7, 11) is -1.70. The Kier molecular flexibility index (Phi) is 5.10. The molecule has 0 aliphatic carbocycles. The summed E-state index contributed by atoms with van der Waals surface area (Å²) in [4.78, 5) is 2.40. The fourth-order valence-corrected chi connectivity index (χ4v) is 4.74. The van der Waals surface area contributed by atoms with Crippen LogP contribution in [0.25, 0.3) is 11.3 Å². The Labute approximate surface area is 164 Å². The minimum absolute atomic E-state index is 0.0883. The molecule has 1 saturated heterocycles. The van der Waals surface area contributed by atoms with Crippen LogP contribution in [-0.4, -0.2) is 47.5 Å². The third kappa shape index (κ3) is 3.90. The maximum absolute atomic E-state index is 12.8. The number of nitrogens with one attached hydrogen (secondary N) is 1. The van der Waals surface area contributed by atoms with Gasteiger partial charge in [0.15, 0.2) is 5.82 Å². The van der Waals surface area contributed by atoms with Crippen LogP contribution in [0.3, 0.4) is 0 Å². The predicted octanol–water partition coefficient (Wildman–Crippen LogP) is 1.82. The molecule has 0 saturated carbocycles. The number of piperidine rings is 1. The van der Waals surface area contributed by atoms with E-state index in [0.29, 0.717) is 0 Å². The maximum Gasteiger partial charge on any atom is 0.240 e. The fraction of sp³-hybridized carbons (Fsp3) is 0.316. The van der Waals surface area contributed by atoms with Gasteiger partial charge < -0.3 is 4.90 Å². The molecule has 0 radical (unpaired) electrons. The summed E-state index contributed by atoms with van der Waals surface area (Å²) in [5.74, 6) is 0.828. The van der Waals surface area contributed by atoms with Gasteiger partial charge in [-0.25, -0.2) is 13.1 Å². The first-order valence-electron chi connectivity index (χ1n) is 9.16. The molecule has 0 amide bonds. The summed E-state index contributed by atoms with van der Waals surface area (Å²) < 4.78 is 30.1. The van der Waals surface area contributed by atoms with Crippen LogP contribution in [0, 0.1) is 0 Å². The van der Waals surface area contributed by atoms with E-state index in [1.807, 2.05) is 37.4 Å². The summed E-state index contributed by atoms with van der Waals surface area (Å²) >= 11 is 0. The number of benzene rings is 1. The lowest BCUT2D eigenvalue weighted by molar-refractivity contribution is 0.457. The van der Waals surface area contributed by atoms with Gasteiger partial charge in [0.1, 0.15) is 0 Å². The van der Waals surface area contributed by atoms with E-state index in [1.54, 1.807) is 29.2 Å². The third-order valence-corrected chi connectivity index (χ3v) is 6.52. The molecule has 3 aromatic rings. The molecule has 3 heterocycles. The molecule has 1 aliphatic rings. The van der Waals surface area contributed by atoms with Gasteiger partial charge in [-0.1, -0.05) is 12.1 Å². The summed E-state index contributed by atoms with van der Waals surface area (Å²) in [5.41, 5.74) is 1.87. The second-order valence-electron chi connectivity index (χ2n) is 6.83. The zero-order valence-corrected chi connectivity index (χ0v) is 16.4. The van der Waals surface area contributed by atoms with Gasteiger partial charge in [-0.15, -0.1) is 5.10 Å². The van der Waals surface area contributed by atoms with Gasteiger partial charge in [0.25, 0.3) is 0 Å². The minimum atomic E-state index is -3.56. The first-order valence-corrected chi connectivity index (χ1v) is 10.6. The summed E-state index contributed by atoms with van der Waals surface area (Å²) in [6, 6.07) is 12.5. The van der Waals surface area contributed by atoms with Gasteiger partial charge in [0, 0.05) is 38.6 Å². The molecule has 1 N–H and O–H groups in total. The number of aromatic nitrogens is 4. The standard InChI is InChI=1S/C19H22N6O2S/c1-24-18(8-12-21-24)15-4-6-17(7-5-15)28(26,27)23-16-9-13-25(14-10-16)19-3-2-11-20-22-19/h2-8,11-12,16,23H,9-10,13-14H2,1H3. The van der Waals surface area contributed by atoms with Crippen LogP contribution in [0.15, 0.2) is 59.8 Å². The Balaban J connectivity index is 1.40. The van der Waals surface area contributed by atoms with Crippen molar-refractivity contribution in [1.82, 2.24) is 24.7 Å². The number of sulfonamides is 1. The second kappa shape index (κ2) is 7.69. The van der Waals surface area contributed by atoms with Crippen LogP contribution < -0.4 is 9.62 Å². The van der Waals surface area contributed by atoms with Crippen LogP contribution >= 0.6 is 0 Å². The zero-order valence-electron chi connectivity index (χ0n) is 15.6. The molecular formula is C19H22N6O2S. The molecule has 9 heteroatoms. The summed E-state index contributed by atoms with van der Waals surface area (Å²) in [6.45, 7) is 1.48. The largest absolute Gasteiger partial charge is 0.355 e. The Hall–Kier alpha value is -2.78. The van der Waals surface area contributed by atoms with E-state index >= 15 is 0 Å². The van der Waals surface area contributed by atoms with E-state index in [-0.39, 0.29) is 10.9 Å². The molecule has 0 unspecified atom stereocenters. The average molecular weight is 398 g/mol. The number of aryl methyl sites for hydroxylation is 1. The quantitative estimate of drug-likeness (QED) is 0.705. The molecule has 4 rings (SSSR count). The number of nitrogens with zero attached hydrogens (tertiary/aromatic N) is 5. The highest BCUT2D eigenvalue weighted by atomic mass is 32.2. The summed E-state index contributed by atoms with van der Waals surface area (Å²) in [6.07, 6.45) is 4.81. The van der Waals surface area contributed by atoms with Crippen molar-refractivity contribution in [1.29, 1.82) is 0 Å². The molecule has 0 spiro atoms. The monoisotopic (exact) mass is 398 g/mol. The smallest absolute Gasteiger partial charge is 0.240 e. The SMILES string of the molecule is Cn1nccc1-c1ccc(S(=O)(=O)NC2CCN(c3cccnn3)CC2)cc1. The van der Waals surface area contributed by atoms with Crippen LogP contribution in [0.1, 0.15) is 12.8 Å². The van der Waals surface area contributed by atoms with Gasteiger partial charge in [0.05, 0.1) is 10.6 Å². The third-order valence-electron chi connectivity index (χ3n) is 4.98. The first kappa shape index (κ1) is 18.6. The molecule has 0 bridgehead atoms. The second-order valence-corrected chi connectivity index (χ2v) is 8.54. The van der Waals surface area contributed by atoms with E-state index in [4.69, 9.17) is 0 Å². The molecule has 0 atom stereocenters. The normalized spacial score (nSPS) is 15.7. The Morgan fingerprint density at radius 3 is 2.39 bits per heavy atom. The van der Waals surface area contributed by atoms with Crippen molar-refractivity contribution in [3.63, 3.8) is 0 Å². The molecule has 1 fully saturated rings. The van der Waals surface area contributed by atoms with Crippen LogP contribution in [0.2, 0.25) is 0 Å². The molecule has 28 heavy (non-hydrogen) atoms. The highest BCUT2D eigenvalue weighted by Crippen LogP contribution is 2.22. The van der Waals surface area contributed by atoms with Crippen molar-refractivity contribution in [2.24, 2.45) is 7.05 Å². The van der Waals surface area contributed by atoms with Crippen molar-refractivity contribution < 1.29 is 8.42 Å². The Bertz CT molecular complexity index is 1030. The lowest BCUT2D eigenvalue weighted by atomic mass is 10.1.